The molecule has 3 nitrogen and oxygen atoms in total. The number of sulfonamides is 1. The quantitative estimate of drug-likeness (QED) is 0.702. The van der Waals surface area contributed by atoms with Crippen molar-refractivity contribution >= 4 is 53.2 Å². The van der Waals surface area contributed by atoms with Gasteiger partial charge < -0.3 is 0 Å². The molecule has 2 rings (SSSR count). The van der Waals surface area contributed by atoms with Gasteiger partial charge in [0.15, 0.2) is 0 Å². The van der Waals surface area contributed by atoms with Crippen LogP contribution in [0.2, 0.25) is 0 Å². The van der Waals surface area contributed by atoms with Crippen molar-refractivity contribution in [1.29, 1.82) is 0 Å². The van der Waals surface area contributed by atoms with E-state index in [1.54, 1.807) is 19.2 Å². The lowest BCUT2D eigenvalue weighted by Gasteiger charge is -2.34. The Hall–Kier alpha value is 0.570. The summed E-state index contributed by atoms with van der Waals surface area (Å²) < 4.78 is 27.7. The van der Waals surface area contributed by atoms with Crippen LogP contribution < -0.4 is 0 Å². The maximum absolute atomic E-state index is 12.5. The van der Waals surface area contributed by atoms with Crippen molar-refractivity contribution in [2.75, 3.05) is 7.05 Å². The summed E-state index contributed by atoms with van der Waals surface area (Å²) in [7, 11) is -1.67. The second-order valence-electron chi connectivity index (χ2n) is 4.45. The molecule has 102 valence electrons. The molecule has 0 spiro atoms. The molecule has 0 bridgehead atoms. The van der Waals surface area contributed by atoms with E-state index >= 15 is 0 Å². The number of hydrogen-bond donors (Lipinski definition) is 0. The molecule has 1 aliphatic carbocycles. The highest BCUT2D eigenvalue weighted by Gasteiger charge is 2.34. The Morgan fingerprint density at radius 1 is 1.33 bits per heavy atom. The Bertz CT molecular complexity index is 515. The third kappa shape index (κ3) is 3.00. The fourth-order valence-electron chi connectivity index (χ4n) is 2.23. The highest BCUT2D eigenvalue weighted by Crippen LogP contribution is 2.33. The first-order valence-electron chi connectivity index (χ1n) is 5.80. The minimum atomic E-state index is -3.36. The van der Waals surface area contributed by atoms with Crippen molar-refractivity contribution < 1.29 is 8.42 Å². The van der Waals surface area contributed by atoms with Crippen LogP contribution in [0, 0.1) is 0 Å². The average Bonchev–Trinajstić information content (AvgIpc) is 2.76. The highest BCUT2D eigenvalue weighted by atomic mass is 79.9. The lowest BCUT2D eigenvalue weighted by Crippen LogP contribution is -2.43. The standard InChI is InChI=1S/C11H15Br2NO2S2/c1-14(9-5-3-2-4-8(9)12)18(15,16)11-7-6-10(13)17-11/h6-9H,2-5H2,1H3. The molecule has 0 aromatic carbocycles. The zero-order valence-corrected chi connectivity index (χ0v) is 14.8. The third-order valence-corrected chi connectivity index (χ3v) is 8.34. The SMILES string of the molecule is CN(C1CCCCC1Br)S(=O)(=O)c1ccc(Br)s1. The Labute approximate surface area is 129 Å². The van der Waals surface area contributed by atoms with Gasteiger partial charge in [0.2, 0.25) is 0 Å². The van der Waals surface area contributed by atoms with E-state index in [4.69, 9.17) is 0 Å². The molecule has 1 aromatic rings. The van der Waals surface area contributed by atoms with Crippen LogP contribution in [0.25, 0.3) is 0 Å². The Balaban J connectivity index is 2.24. The fraction of sp³-hybridized carbons (Fsp3) is 0.636. The van der Waals surface area contributed by atoms with Crippen LogP contribution in [0.4, 0.5) is 0 Å². The van der Waals surface area contributed by atoms with Gasteiger partial charge in [-0.15, -0.1) is 11.3 Å². The summed E-state index contributed by atoms with van der Waals surface area (Å²) in [6.07, 6.45) is 4.24. The van der Waals surface area contributed by atoms with Gasteiger partial charge in [-0.05, 0) is 40.9 Å². The smallest absolute Gasteiger partial charge is 0.206 e. The van der Waals surface area contributed by atoms with E-state index in [0.29, 0.717) is 4.21 Å². The molecule has 1 saturated carbocycles. The van der Waals surface area contributed by atoms with Gasteiger partial charge in [0.1, 0.15) is 4.21 Å². The van der Waals surface area contributed by atoms with Crippen LogP contribution in [0.1, 0.15) is 25.7 Å². The van der Waals surface area contributed by atoms with Crippen molar-refractivity contribution in [3.05, 3.63) is 15.9 Å². The molecule has 2 unspecified atom stereocenters. The molecule has 0 saturated heterocycles. The van der Waals surface area contributed by atoms with E-state index in [2.05, 4.69) is 31.9 Å². The number of hydrogen-bond acceptors (Lipinski definition) is 3. The van der Waals surface area contributed by atoms with E-state index in [0.717, 1.165) is 23.0 Å². The Kier molecular flexibility index (Phi) is 4.91. The van der Waals surface area contributed by atoms with Gasteiger partial charge in [0.25, 0.3) is 10.0 Å². The monoisotopic (exact) mass is 415 g/mol. The summed E-state index contributed by atoms with van der Waals surface area (Å²) in [4.78, 5) is 0.259. The second kappa shape index (κ2) is 5.91. The van der Waals surface area contributed by atoms with Gasteiger partial charge >= 0.3 is 0 Å². The maximum Gasteiger partial charge on any atom is 0.252 e. The summed E-state index contributed by atoms with van der Waals surface area (Å²) in [5.41, 5.74) is 0. The summed E-state index contributed by atoms with van der Waals surface area (Å²) in [6.45, 7) is 0. The number of nitrogens with zero attached hydrogens (tertiary/aromatic N) is 1. The summed E-state index contributed by atoms with van der Waals surface area (Å²) in [5, 5.41) is 0. The topological polar surface area (TPSA) is 37.4 Å². The molecule has 1 aliphatic rings. The zero-order chi connectivity index (χ0) is 13.3. The normalized spacial score (nSPS) is 25.6. The largest absolute Gasteiger partial charge is 0.252 e. The minimum absolute atomic E-state index is 0.0598. The molecule has 1 heterocycles. The fourth-order valence-corrected chi connectivity index (χ4v) is 6.95. The highest BCUT2D eigenvalue weighted by molar-refractivity contribution is 9.11. The van der Waals surface area contributed by atoms with Crippen LogP contribution in [-0.4, -0.2) is 30.6 Å². The molecule has 0 radical (unpaired) electrons. The van der Waals surface area contributed by atoms with E-state index in [9.17, 15) is 8.42 Å². The molecule has 2 atom stereocenters. The van der Waals surface area contributed by atoms with Crippen LogP contribution in [0.15, 0.2) is 20.1 Å². The molecule has 1 aromatic heterocycles. The van der Waals surface area contributed by atoms with E-state index in [-0.39, 0.29) is 10.9 Å². The molecule has 0 aliphatic heterocycles. The lowest BCUT2D eigenvalue weighted by atomic mass is 9.96. The predicted molar refractivity (Wildman–Crippen MR) is 81.9 cm³/mol. The van der Waals surface area contributed by atoms with Crippen molar-refractivity contribution in [2.24, 2.45) is 0 Å². The zero-order valence-electron chi connectivity index (χ0n) is 9.97. The van der Waals surface area contributed by atoms with Crippen LogP contribution in [0.3, 0.4) is 0 Å². The summed E-state index contributed by atoms with van der Waals surface area (Å²) in [5.74, 6) is 0. The number of thiophene rings is 1. The van der Waals surface area contributed by atoms with Gasteiger partial charge in [0.05, 0.1) is 3.79 Å². The van der Waals surface area contributed by atoms with Crippen LogP contribution in [0.5, 0.6) is 0 Å². The number of halogens is 2. The molecule has 1 fully saturated rings. The van der Waals surface area contributed by atoms with Gasteiger partial charge in [-0.3, -0.25) is 0 Å². The Morgan fingerprint density at radius 3 is 2.56 bits per heavy atom. The van der Waals surface area contributed by atoms with Crippen molar-refractivity contribution in [3.63, 3.8) is 0 Å². The molecular formula is C11H15Br2NO2S2. The second-order valence-corrected chi connectivity index (χ2v) is 10.3. The van der Waals surface area contributed by atoms with Crippen molar-refractivity contribution in [2.45, 2.75) is 40.8 Å². The third-order valence-electron chi connectivity index (χ3n) is 3.30. The summed E-state index contributed by atoms with van der Waals surface area (Å²) >= 11 is 8.18. The van der Waals surface area contributed by atoms with E-state index < -0.39 is 10.0 Å². The van der Waals surface area contributed by atoms with E-state index in [1.807, 2.05) is 0 Å². The van der Waals surface area contributed by atoms with Gasteiger partial charge in [-0.1, -0.05) is 28.8 Å². The van der Waals surface area contributed by atoms with Crippen molar-refractivity contribution in [1.82, 2.24) is 4.31 Å². The minimum Gasteiger partial charge on any atom is -0.206 e. The maximum atomic E-state index is 12.5. The summed E-state index contributed by atoms with van der Waals surface area (Å²) in [6, 6.07) is 3.49. The Morgan fingerprint density at radius 2 is 2.00 bits per heavy atom. The average molecular weight is 417 g/mol. The van der Waals surface area contributed by atoms with Crippen LogP contribution >= 0.6 is 43.2 Å². The first kappa shape index (κ1) is 15.0. The van der Waals surface area contributed by atoms with Crippen molar-refractivity contribution in [3.8, 4) is 0 Å². The molecule has 18 heavy (non-hydrogen) atoms. The van der Waals surface area contributed by atoms with E-state index in [1.165, 1.54) is 22.1 Å². The molecule has 7 heteroatoms. The first-order valence-corrected chi connectivity index (χ1v) is 9.77. The molecular weight excluding hydrogens is 402 g/mol. The number of rotatable bonds is 3. The lowest BCUT2D eigenvalue weighted by molar-refractivity contribution is 0.297. The van der Waals surface area contributed by atoms with Gasteiger partial charge in [-0.25, -0.2) is 8.42 Å². The number of alkyl halides is 1. The van der Waals surface area contributed by atoms with Crippen LogP contribution in [-0.2, 0) is 10.0 Å². The first-order chi connectivity index (χ1) is 8.43. The predicted octanol–water partition coefficient (Wildman–Crippen LogP) is 3.84. The van der Waals surface area contributed by atoms with Gasteiger partial charge in [0, 0.05) is 17.9 Å². The molecule has 0 N–H and O–H groups in total. The van der Waals surface area contributed by atoms with Gasteiger partial charge in [-0.2, -0.15) is 4.31 Å². The molecule has 0 amide bonds.